The van der Waals surface area contributed by atoms with Crippen LogP contribution in [0.25, 0.3) is 0 Å². The molecule has 2 saturated heterocycles. The number of nitrogens with zero attached hydrogens (tertiary/aromatic N) is 1. The summed E-state index contributed by atoms with van der Waals surface area (Å²) in [6, 6.07) is 3.02. The van der Waals surface area contributed by atoms with Gasteiger partial charge in [0.15, 0.2) is 5.96 Å². The molecule has 7 N–H and O–H groups in total. The monoisotopic (exact) mass is 613 g/mol. The van der Waals surface area contributed by atoms with E-state index in [1.807, 2.05) is 0 Å². The number of ether oxygens (including phenoxy) is 4. The molecule has 1 aromatic rings. The van der Waals surface area contributed by atoms with Crippen molar-refractivity contribution in [1.29, 1.82) is 5.41 Å². The second-order valence-corrected chi connectivity index (χ2v) is 13.9. The number of aromatic nitrogens is 1. The van der Waals surface area contributed by atoms with Crippen LogP contribution in [0, 0.1) is 5.41 Å². The molecule has 15 nitrogen and oxygen atoms in total. The first-order chi connectivity index (χ1) is 19.5. The molecule has 0 aromatic carbocycles. The van der Waals surface area contributed by atoms with E-state index in [4.69, 9.17) is 39.1 Å². The van der Waals surface area contributed by atoms with Gasteiger partial charge in [-0.05, 0) is 0 Å². The van der Waals surface area contributed by atoms with Gasteiger partial charge in [0.25, 0.3) is 0 Å². The first-order valence-electron chi connectivity index (χ1n) is 12.9. The standard InChI is InChI=1S/C21H35B3N5O10PS/c1-29-10(4-5-13(29)28-14(31)6-27-20(25)26)9-41-40(33,36-8-12-15(32)17(34-2)19(22)37-12)39-16-11(7-30)38-21(23-24-21)18(16)35-3/h4-5,11-12,15-19,30,32H,6-9,22H2,1-3H3,(H,28,31)(H4,25,26,27)/t11-,12-,15?,16?,17+,18+,19-,40?/m1/s1. The summed E-state index contributed by atoms with van der Waals surface area (Å²) in [5.74, 6) is -0.0989. The number of hydrogen-bond donors (Lipinski definition) is 6. The molecule has 20 heteroatoms. The fourth-order valence-corrected chi connectivity index (χ4v) is 8.32. The summed E-state index contributed by atoms with van der Waals surface area (Å²) in [5, 5.41) is 32.1. The minimum atomic E-state index is -4.01. The fourth-order valence-electron chi connectivity index (χ4n) is 4.92. The van der Waals surface area contributed by atoms with Gasteiger partial charge in [0, 0.05) is 0 Å². The van der Waals surface area contributed by atoms with E-state index in [9.17, 15) is 19.6 Å². The first-order valence-corrected chi connectivity index (χ1v) is 16.1. The molecule has 1 spiro atoms. The summed E-state index contributed by atoms with van der Waals surface area (Å²) < 4.78 is 50.5. The van der Waals surface area contributed by atoms with E-state index in [1.54, 1.807) is 45.2 Å². The molecule has 2 fully saturated rings. The third-order valence-electron chi connectivity index (χ3n) is 7.19. The van der Waals surface area contributed by atoms with Crippen LogP contribution in [-0.2, 0) is 50.2 Å². The van der Waals surface area contributed by atoms with Gasteiger partial charge in [-0.15, -0.1) is 0 Å². The Morgan fingerprint density at radius 3 is 2.63 bits per heavy atom. The van der Waals surface area contributed by atoms with Crippen LogP contribution >= 0.6 is 18.2 Å². The van der Waals surface area contributed by atoms with Crippen molar-refractivity contribution in [2.45, 2.75) is 53.8 Å². The Morgan fingerprint density at radius 1 is 1.32 bits per heavy atom. The SMILES string of the molecule is B[C@@H]1O[C@H](COP(=O)(OC2[C@@H](CO)OC3(B=B3)[C@H]2OC)SCc2ccc(NC(=O)CNC(=N)N)n2C)C(O)[C@@H]1OC. The molecular weight excluding hydrogens is 578 g/mol. The average molecular weight is 613 g/mol. The number of hydrogen-bond acceptors (Lipinski definition) is 12. The molecule has 4 rings (SSSR count). The van der Waals surface area contributed by atoms with E-state index in [1.165, 1.54) is 14.2 Å². The van der Waals surface area contributed by atoms with Crippen LogP contribution in [0.4, 0.5) is 5.82 Å². The number of amides is 1. The molecule has 41 heavy (non-hydrogen) atoms. The van der Waals surface area contributed by atoms with Gasteiger partial charge in [-0.3, -0.25) is 10.2 Å². The normalized spacial score (nSPS) is 30.9. The van der Waals surface area contributed by atoms with Crippen LogP contribution in [0.5, 0.6) is 0 Å². The Bertz CT molecular complexity index is 1190. The number of nitrogens with one attached hydrogen (secondary N) is 3. The molecular formula is C21H35B3N5O10PS. The number of rotatable bonds is 14. The summed E-state index contributed by atoms with van der Waals surface area (Å²) in [5.41, 5.74) is 5.91. The van der Waals surface area contributed by atoms with Crippen molar-refractivity contribution in [3.63, 3.8) is 0 Å². The first kappa shape index (κ1) is 32.4. The van der Waals surface area contributed by atoms with Gasteiger partial charge < -0.3 is 11.1 Å². The average Bonchev–Trinajstić information content (AvgIpc) is 3.43. The van der Waals surface area contributed by atoms with E-state index in [-0.39, 0.29) is 24.9 Å². The summed E-state index contributed by atoms with van der Waals surface area (Å²) >= 11 is 0.901. The zero-order chi connectivity index (χ0) is 29.9. The number of nitrogens with two attached hydrogens (primary N) is 1. The Morgan fingerprint density at radius 2 is 2.05 bits per heavy atom. The molecule has 0 saturated carbocycles. The van der Waals surface area contributed by atoms with Gasteiger partial charge >= 0.3 is 210 Å². The summed E-state index contributed by atoms with van der Waals surface area (Å²) in [4.78, 5) is 12.2. The van der Waals surface area contributed by atoms with Crippen LogP contribution < -0.4 is 16.4 Å². The van der Waals surface area contributed by atoms with Crippen LogP contribution in [0.3, 0.4) is 0 Å². The Labute approximate surface area is 243 Å². The molecule has 1 aromatic heterocycles. The predicted octanol–water partition coefficient (Wildman–Crippen LogP) is -2.68. The fraction of sp³-hybridized carbons (Fsp3) is 0.714. The molecule has 0 aliphatic carbocycles. The summed E-state index contributed by atoms with van der Waals surface area (Å²) in [6.45, 7) is -1.26. The number of aliphatic hydroxyl groups excluding tert-OH is 2. The Balaban J connectivity index is 1.48. The molecule has 8 atom stereocenters. The van der Waals surface area contributed by atoms with Crippen molar-refractivity contribution in [1.82, 2.24) is 9.88 Å². The van der Waals surface area contributed by atoms with Gasteiger partial charge in [-0.2, -0.15) is 0 Å². The summed E-state index contributed by atoms with van der Waals surface area (Å²) in [6.07, 6.45) is -4.79. The van der Waals surface area contributed by atoms with E-state index in [0.29, 0.717) is 11.5 Å². The second-order valence-electron chi connectivity index (χ2n) is 9.92. The molecule has 1 amide bonds. The van der Waals surface area contributed by atoms with Crippen LogP contribution in [0.15, 0.2) is 12.1 Å². The quantitative estimate of drug-likeness (QED) is 0.0548. The zero-order valence-electron chi connectivity index (χ0n) is 23.2. The molecule has 3 aliphatic heterocycles. The van der Waals surface area contributed by atoms with Gasteiger partial charge in [0.1, 0.15) is 0 Å². The molecule has 3 unspecified atom stereocenters. The second kappa shape index (κ2) is 13.4. The van der Waals surface area contributed by atoms with Gasteiger partial charge in [0.2, 0.25) is 0 Å². The van der Waals surface area contributed by atoms with Crippen molar-refractivity contribution in [3.05, 3.63) is 17.8 Å². The summed E-state index contributed by atoms with van der Waals surface area (Å²) in [7, 11) is 6.43. The number of carbonyl (C=O) groups is 1. The van der Waals surface area contributed by atoms with Crippen LogP contribution in [-0.4, -0.2) is 130 Å². The molecule has 3 aliphatic rings. The third-order valence-corrected chi connectivity index (χ3v) is 10.8. The number of methoxy groups -OCH3 is 2. The molecule has 224 valence electrons. The maximum absolute atomic E-state index is 14.3. The van der Waals surface area contributed by atoms with E-state index in [0.717, 1.165) is 11.4 Å². The minimum absolute atomic E-state index is 0.152. The van der Waals surface area contributed by atoms with Crippen molar-refractivity contribution < 1.29 is 47.6 Å². The topological polar surface area (TPSA) is 209 Å². The Kier molecular flexibility index (Phi) is 10.6. The van der Waals surface area contributed by atoms with Crippen molar-refractivity contribution in [3.8, 4) is 0 Å². The van der Waals surface area contributed by atoms with Gasteiger partial charge in [-0.1, -0.05) is 0 Å². The number of guanidine groups is 1. The zero-order valence-corrected chi connectivity index (χ0v) is 24.9. The predicted molar refractivity (Wildman–Crippen MR) is 155 cm³/mol. The van der Waals surface area contributed by atoms with E-state index in [2.05, 4.69) is 10.6 Å². The molecule has 0 bridgehead atoms. The van der Waals surface area contributed by atoms with Gasteiger partial charge in [-0.25, -0.2) is 0 Å². The van der Waals surface area contributed by atoms with E-state index >= 15 is 0 Å². The van der Waals surface area contributed by atoms with Crippen LogP contribution in [0.1, 0.15) is 5.69 Å². The molecule has 0 radical (unpaired) electrons. The number of aliphatic hydroxyl groups is 2. The van der Waals surface area contributed by atoms with Crippen molar-refractivity contribution >= 4 is 57.3 Å². The van der Waals surface area contributed by atoms with Crippen molar-refractivity contribution in [2.75, 3.05) is 39.3 Å². The molecule has 4 heterocycles. The van der Waals surface area contributed by atoms with Gasteiger partial charge in [0.05, 0.1) is 6.54 Å². The number of anilines is 1. The maximum atomic E-state index is 14.3. The third kappa shape index (κ3) is 7.35. The number of carbonyl (C=O) groups excluding carboxylic acids is 1. The van der Waals surface area contributed by atoms with E-state index < -0.39 is 67.3 Å². The van der Waals surface area contributed by atoms with Crippen molar-refractivity contribution in [2.24, 2.45) is 12.8 Å². The van der Waals surface area contributed by atoms with Crippen LogP contribution in [0.2, 0.25) is 0 Å². The Hall–Kier alpha value is -1.53.